The average molecular weight is 318 g/mol. The number of methoxy groups -OCH3 is 1. The summed E-state index contributed by atoms with van der Waals surface area (Å²) in [5.41, 5.74) is -0.657. The Hall–Kier alpha value is -1.81. The van der Waals surface area contributed by atoms with Crippen molar-refractivity contribution in [1.82, 2.24) is 0 Å². The summed E-state index contributed by atoms with van der Waals surface area (Å²) in [4.78, 5) is 31.3. The van der Waals surface area contributed by atoms with Gasteiger partial charge in [0.15, 0.2) is 0 Å². The number of hydrogen-bond donors (Lipinski definition) is 0. The largest absolute Gasteiger partial charge is 0.469 e. The Labute approximate surface area is 121 Å². The maximum absolute atomic E-state index is 10.9. The van der Waals surface area contributed by atoms with Crippen LogP contribution in [0.2, 0.25) is 0 Å². The van der Waals surface area contributed by atoms with Crippen molar-refractivity contribution in [1.29, 1.82) is 0 Å². The van der Waals surface area contributed by atoms with E-state index in [1.165, 1.54) is 30.0 Å². The van der Waals surface area contributed by atoms with E-state index in [-0.39, 0.29) is 23.8 Å². The van der Waals surface area contributed by atoms with E-state index in [9.17, 15) is 25.0 Å². The van der Waals surface area contributed by atoms with Crippen LogP contribution in [0.1, 0.15) is 6.42 Å². The van der Waals surface area contributed by atoms with Gasteiger partial charge in [0.1, 0.15) is 0 Å². The molecule has 1 rings (SSSR count). The van der Waals surface area contributed by atoms with Gasteiger partial charge in [-0.05, 0) is 6.07 Å². The number of nitrogens with zero attached hydrogens (tertiary/aromatic N) is 2. The SMILES string of the molecule is COC(=O)CCSSc1ccc([N+](=O)[O-])cc1[N+](=O)[O-]. The standard InChI is InChI=1S/C10H10N2O6S2/c1-18-10(13)4-5-19-20-9-3-2-7(11(14)15)6-8(9)12(16)17/h2-3,6H,4-5H2,1H3. The summed E-state index contributed by atoms with van der Waals surface area (Å²) < 4.78 is 4.46. The van der Waals surface area contributed by atoms with Gasteiger partial charge < -0.3 is 4.74 Å². The first-order valence-corrected chi connectivity index (χ1v) is 7.56. The van der Waals surface area contributed by atoms with Crippen LogP contribution in [-0.2, 0) is 9.53 Å². The van der Waals surface area contributed by atoms with Gasteiger partial charge in [0.25, 0.3) is 11.4 Å². The highest BCUT2D eigenvalue weighted by molar-refractivity contribution is 8.76. The van der Waals surface area contributed by atoms with E-state index >= 15 is 0 Å². The van der Waals surface area contributed by atoms with Crippen molar-refractivity contribution < 1.29 is 19.4 Å². The highest BCUT2D eigenvalue weighted by atomic mass is 33.1. The van der Waals surface area contributed by atoms with Crippen molar-refractivity contribution in [3.05, 3.63) is 38.4 Å². The molecule has 0 saturated carbocycles. The molecule has 0 radical (unpaired) electrons. The molecule has 0 aliphatic carbocycles. The fourth-order valence-corrected chi connectivity index (χ4v) is 3.27. The number of non-ortho nitro benzene ring substituents is 1. The van der Waals surface area contributed by atoms with E-state index < -0.39 is 9.85 Å². The Morgan fingerprint density at radius 2 is 2.00 bits per heavy atom. The number of ether oxygens (including phenoxy) is 1. The number of nitro groups is 2. The van der Waals surface area contributed by atoms with Crippen LogP contribution in [0.15, 0.2) is 23.1 Å². The lowest BCUT2D eigenvalue weighted by atomic mass is 10.3. The minimum Gasteiger partial charge on any atom is -0.469 e. The van der Waals surface area contributed by atoms with Crippen molar-refractivity contribution >= 4 is 38.9 Å². The smallest absolute Gasteiger partial charge is 0.306 e. The quantitative estimate of drug-likeness (QED) is 0.248. The van der Waals surface area contributed by atoms with E-state index in [2.05, 4.69) is 4.74 Å². The molecule has 0 saturated heterocycles. The van der Waals surface area contributed by atoms with Gasteiger partial charge in [-0.1, -0.05) is 21.6 Å². The van der Waals surface area contributed by atoms with Crippen LogP contribution < -0.4 is 0 Å². The molecule has 0 amide bonds. The zero-order valence-corrected chi connectivity index (χ0v) is 11.9. The van der Waals surface area contributed by atoms with Crippen LogP contribution >= 0.6 is 21.6 Å². The van der Waals surface area contributed by atoms with E-state index in [0.717, 1.165) is 16.9 Å². The second kappa shape index (κ2) is 7.70. The molecule has 1 aromatic carbocycles. The Morgan fingerprint density at radius 3 is 2.55 bits per heavy atom. The van der Waals surface area contributed by atoms with Crippen LogP contribution in [0.3, 0.4) is 0 Å². The third kappa shape index (κ3) is 4.70. The zero-order chi connectivity index (χ0) is 15.1. The van der Waals surface area contributed by atoms with Gasteiger partial charge in [0.05, 0.1) is 34.3 Å². The Balaban J connectivity index is 2.72. The van der Waals surface area contributed by atoms with Crippen LogP contribution in [-0.4, -0.2) is 28.7 Å². The molecule has 0 fully saturated rings. The molecular formula is C10H10N2O6S2. The van der Waals surface area contributed by atoms with E-state index in [1.807, 2.05) is 0 Å². The Morgan fingerprint density at radius 1 is 1.30 bits per heavy atom. The predicted octanol–water partition coefficient (Wildman–Crippen LogP) is 2.81. The highest BCUT2D eigenvalue weighted by Gasteiger charge is 2.19. The van der Waals surface area contributed by atoms with Gasteiger partial charge in [-0.2, -0.15) is 0 Å². The first-order chi connectivity index (χ1) is 9.45. The van der Waals surface area contributed by atoms with Gasteiger partial charge in [0, 0.05) is 11.8 Å². The minimum atomic E-state index is -0.689. The Bertz CT molecular complexity index is 536. The number of benzene rings is 1. The fraction of sp³-hybridized carbons (Fsp3) is 0.300. The van der Waals surface area contributed by atoms with Crippen LogP contribution in [0.4, 0.5) is 11.4 Å². The number of carbonyl (C=O) groups excluding carboxylic acids is 1. The topological polar surface area (TPSA) is 113 Å². The first-order valence-electron chi connectivity index (χ1n) is 5.25. The van der Waals surface area contributed by atoms with Gasteiger partial charge in [0.2, 0.25) is 0 Å². The lowest BCUT2D eigenvalue weighted by Crippen LogP contribution is -2.00. The molecule has 20 heavy (non-hydrogen) atoms. The number of rotatable bonds is 7. The molecule has 0 bridgehead atoms. The van der Waals surface area contributed by atoms with Crippen molar-refractivity contribution in [3.8, 4) is 0 Å². The zero-order valence-electron chi connectivity index (χ0n) is 10.3. The first kappa shape index (κ1) is 16.2. The average Bonchev–Trinajstić information content (AvgIpc) is 2.42. The summed E-state index contributed by atoms with van der Waals surface area (Å²) >= 11 is 0. The molecule has 0 unspecified atom stereocenters. The molecular weight excluding hydrogens is 308 g/mol. The molecule has 0 spiro atoms. The third-order valence-corrected chi connectivity index (χ3v) is 4.52. The van der Waals surface area contributed by atoms with Crippen LogP contribution in [0.25, 0.3) is 0 Å². The van der Waals surface area contributed by atoms with Gasteiger partial charge in [-0.25, -0.2) is 0 Å². The summed E-state index contributed by atoms with van der Waals surface area (Å²) in [6.07, 6.45) is 0.189. The van der Waals surface area contributed by atoms with Gasteiger partial charge >= 0.3 is 5.97 Å². The molecule has 0 aliphatic rings. The normalized spacial score (nSPS) is 10.1. The molecule has 0 N–H and O–H groups in total. The summed E-state index contributed by atoms with van der Waals surface area (Å²) in [5.74, 6) is 0.0576. The minimum absolute atomic E-state index is 0.189. The molecule has 0 atom stereocenters. The molecule has 1 aromatic rings. The monoisotopic (exact) mass is 318 g/mol. The van der Waals surface area contributed by atoms with Crippen molar-refractivity contribution in [3.63, 3.8) is 0 Å². The summed E-state index contributed by atoms with van der Waals surface area (Å²) in [5, 5.41) is 21.4. The van der Waals surface area contributed by atoms with Crippen molar-refractivity contribution in [2.75, 3.05) is 12.9 Å². The van der Waals surface area contributed by atoms with E-state index in [4.69, 9.17) is 0 Å². The Kier molecular flexibility index (Phi) is 6.25. The highest BCUT2D eigenvalue weighted by Crippen LogP contribution is 2.39. The molecule has 0 heterocycles. The molecule has 108 valence electrons. The predicted molar refractivity (Wildman–Crippen MR) is 74.7 cm³/mol. The lowest BCUT2D eigenvalue weighted by Gasteiger charge is -2.02. The number of esters is 1. The van der Waals surface area contributed by atoms with Crippen LogP contribution in [0.5, 0.6) is 0 Å². The number of carbonyl (C=O) groups is 1. The second-order valence-corrected chi connectivity index (χ2v) is 5.86. The van der Waals surface area contributed by atoms with Crippen molar-refractivity contribution in [2.45, 2.75) is 11.3 Å². The second-order valence-electron chi connectivity index (χ2n) is 3.40. The van der Waals surface area contributed by atoms with E-state index in [1.54, 1.807) is 0 Å². The molecule has 0 aromatic heterocycles. The summed E-state index contributed by atoms with van der Waals surface area (Å²) in [7, 11) is 3.61. The fourth-order valence-electron chi connectivity index (χ4n) is 1.16. The summed E-state index contributed by atoms with van der Waals surface area (Å²) in [6, 6.07) is 3.45. The number of hydrogen-bond acceptors (Lipinski definition) is 8. The number of nitro benzene ring substituents is 2. The molecule has 8 nitrogen and oxygen atoms in total. The lowest BCUT2D eigenvalue weighted by molar-refractivity contribution is -0.396. The van der Waals surface area contributed by atoms with Crippen LogP contribution in [0, 0.1) is 20.2 Å². The molecule has 0 aliphatic heterocycles. The van der Waals surface area contributed by atoms with Gasteiger partial charge in [-0.3, -0.25) is 25.0 Å². The summed E-state index contributed by atoms with van der Waals surface area (Å²) in [6.45, 7) is 0. The maximum Gasteiger partial charge on any atom is 0.306 e. The van der Waals surface area contributed by atoms with E-state index in [0.29, 0.717) is 10.6 Å². The maximum atomic E-state index is 10.9. The molecule has 10 heteroatoms. The van der Waals surface area contributed by atoms with Crippen molar-refractivity contribution in [2.24, 2.45) is 0 Å². The third-order valence-electron chi connectivity index (χ3n) is 2.12. The van der Waals surface area contributed by atoms with Gasteiger partial charge in [-0.15, -0.1) is 0 Å².